The molecule has 2 aromatic rings. The van der Waals surface area contributed by atoms with E-state index in [4.69, 9.17) is 32.7 Å². The molecule has 1 N–H and O–H groups in total. The number of rotatable bonds is 7. The second kappa shape index (κ2) is 9.85. The van der Waals surface area contributed by atoms with Crippen molar-refractivity contribution in [2.75, 3.05) is 27.8 Å². The normalized spacial score (nSPS) is 11.7. The summed E-state index contributed by atoms with van der Waals surface area (Å²) in [6.07, 6.45) is 0.634. The molecular weight excluding hydrogens is 406 g/mol. The maximum Gasteiger partial charge on any atom is 0.317 e. The van der Waals surface area contributed by atoms with E-state index in [9.17, 15) is 9.18 Å². The minimum Gasteiger partial charge on any atom is -0.493 e. The average molecular weight is 429 g/mol. The van der Waals surface area contributed by atoms with Crippen LogP contribution in [0.2, 0.25) is 10.0 Å². The highest BCUT2D eigenvalue weighted by atomic mass is 35.5. The quantitative estimate of drug-likeness (QED) is 0.624. The summed E-state index contributed by atoms with van der Waals surface area (Å²) in [5, 5.41) is 3.05. The molecule has 2 rings (SSSR count). The molecule has 28 heavy (non-hydrogen) atoms. The molecule has 1 unspecified atom stereocenters. The minimum absolute atomic E-state index is 0.0562. The van der Waals surface area contributed by atoms with Gasteiger partial charge in [-0.2, -0.15) is 0 Å². The molecule has 0 aliphatic rings. The van der Waals surface area contributed by atoms with Gasteiger partial charge in [0.15, 0.2) is 11.5 Å². The van der Waals surface area contributed by atoms with Crippen molar-refractivity contribution in [1.82, 2.24) is 10.2 Å². The van der Waals surface area contributed by atoms with Crippen LogP contribution in [0.1, 0.15) is 24.1 Å². The zero-order valence-corrected chi connectivity index (χ0v) is 17.7. The van der Waals surface area contributed by atoms with Gasteiger partial charge in [-0.05, 0) is 48.7 Å². The Kier molecular flexibility index (Phi) is 7.78. The van der Waals surface area contributed by atoms with E-state index in [0.29, 0.717) is 35.1 Å². The Bertz CT molecular complexity index is 848. The van der Waals surface area contributed by atoms with Gasteiger partial charge in [0.25, 0.3) is 0 Å². The summed E-state index contributed by atoms with van der Waals surface area (Å²) in [6, 6.07) is 7.42. The van der Waals surface area contributed by atoms with Crippen molar-refractivity contribution >= 4 is 29.2 Å². The van der Waals surface area contributed by atoms with Crippen LogP contribution in [0.4, 0.5) is 9.18 Å². The van der Waals surface area contributed by atoms with Crippen LogP contribution in [-0.4, -0.2) is 38.7 Å². The third-order valence-corrected chi connectivity index (χ3v) is 4.99. The summed E-state index contributed by atoms with van der Waals surface area (Å²) in [5.41, 5.74) is 1.47. The van der Waals surface area contributed by atoms with Gasteiger partial charge in [-0.25, -0.2) is 9.18 Å². The number of likely N-dealkylation sites (N-methyl/N-ethyl adjacent to an activating group) is 1. The molecule has 0 bridgehead atoms. The fraction of sp³-hybridized carbons (Fsp3) is 0.350. The van der Waals surface area contributed by atoms with Gasteiger partial charge in [0.1, 0.15) is 5.82 Å². The number of nitrogens with zero attached hydrogens (tertiary/aromatic N) is 1. The summed E-state index contributed by atoms with van der Waals surface area (Å²) in [4.78, 5) is 14.0. The number of benzene rings is 2. The Labute approximate surface area is 174 Å². The van der Waals surface area contributed by atoms with Gasteiger partial charge in [-0.3, -0.25) is 0 Å². The Hall–Kier alpha value is -2.18. The van der Waals surface area contributed by atoms with Crippen LogP contribution < -0.4 is 14.8 Å². The molecule has 2 aromatic carbocycles. The molecule has 0 aromatic heterocycles. The van der Waals surface area contributed by atoms with Crippen molar-refractivity contribution in [3.05, 3.63) is 57.3 Å². The van der Waals surface area contributed by atoms with Gasteiger partial charge in [0, 0.05) is 18.6 Å². The summed E-state index contributed by atoms with van der Waals surface area (Å²) >= 11 is 11.8. The fourth-order valence-electron chi connectivity index (χ4n) is 2.68. The maximum absolute atomic E-state index is 13.7. The Balaban J connectivity index is 1.97. The third kappa shape index (κ3) is 5.42. The van der Waals surface area contributed by atoms with E-state index in [2.05, 4.69) is 5.32 Å². The molecule has 8 heteroatoms. The van der Waals surface area contributed by atoms with Crippen LogP contribution >= 0.6 is 23.2 Å². The molecule has 0 heterocycles. The predicted octanol–water partition coefficient (Wildman–Crippen LogP) is 5.09. The third-order valence-electron chi connectivity index (χ3n) is 4.38. The smallest absolute Gasteiger partial charge is 0.317 e. The first kappa shape index (κ1) is 22.1. The second-order valence-electron chi connectivity index (χ2n) is 6.32. The minimum atomic E-state index is -0.580. The Morgan fingerprint density at radius 2 is 1.82 bits per heavy atom. The Morgan fingerprint density at radius 1 is 1.14 bits per heavy atom. The van der Waals surface area contributed by atoms with E-state index in [0.717, 1.165) is 5.56 Å². The van der Waals surface area contributed by atoms with Crippen LogP contribution in [0.3, 0.4) is 0 Å². The zero-order chi connectivity index (χ0) is 20.8. The number of carbonyl (C=O) groups excluding carboxylic acids is 1. The van der Waals surface area contributed by atoms with E-state index >= 15 is 0 Å². The molecular formula is C20H23Cl2FN2O3. The number of hydrogen-bond donors (Lipinski definition) is 1. The SMILES string of the molecule is COc1ccc(CCN(C)C(=O)NC(C)c2cc(F)c(Cl)cc2Cl)cc1OC. The van der Waals surface area contributed by atoms with E-state index in [-0.39, 0.29) is 11.1 Å². The van der Waals surface area contributed by atoms with Gasteiger partial charge in [-0.15, -0.1) is 0 Å². The molecule has 1 atom stereocenters. The first-order valence-electron chi connectivity index (χ1n) is 8.63. The monoisotopic (exact) mass is 428 g/mol. The topological polar surface area (TPSA) is 50.8 Å². The van der Waals surface area contributed by atoms with Crippen LogP contribution in [0, 0.1) is 5.82 Å². The molecule has 152 valence electrons. The van der Waals surface area contributed by atoms with Crippen LogP contribution in [0.15, 0.2) is 30.3 Å². The maximum atomic E-state index is 13.7. The first-order chi connectivity index (χ1) is 13.3. The standard InChI is InChI=1S/C20H23Cl2FN2O3/c1-12(14-10-17(23)16(22)11-15(14)21)24-20(26)25(2)8-7-13-5-6-18(27-3)19(9-13)28-4/h5-6,9-12H,7-8H2,1-4H3,(H,24,26). The Morgan fingerprint density at radius 3 is 2.46 bits per heavy atom. The van der Waals surface area contributed by atoms with Gasteiger partial charge in [-0.1, -0.05) is 29.3 Å². The highest BCUT2D eigenvalue weighted by Gasteiger charge is 2.17. The summed E-state index contributed by atoms with van der Waals surface area (Å²) in [6.45, 7) is 2.21. The molecule has 0 aliphatic carbocycles. The van der Waals surface area contributed by atoms with Gasteiger partial charge in [0.05, 0.1) is 25.3 Å². The summed E-state index contributed by atoms with van der Waals surface area (Å²) in [7, 11) is 4.84. The number of hydrogen-bond acceptors (Lipinski definition) is 3. The fourth-order valence-corrected chi connectivity index (χ4v) is 3.22. The van der Waals surface area contributed by atoms with Crippen molar-refractivity contribution in [2.45, 2.75) is 19.4 Å². The van der Waals surface area contributed by atoms with E-state index in [1.165, 1.54) is 12.1 Å². The predicted molar refractivity (Wildman–Crippen MR) is 109 cm³/mol. The molecule has 0 radical (unpaired) electrons. The number of halogens is 3. The molecule has 0 saturated carbocycles. The molecule has 2 amide bonds. The van der Waals surface area contributed by atoms with Crippen molar-refractivity contribution in [3.8, 4) is 11.5 Å². The molecule has 0 fully saturated rings. The lowest BCUT2D eigenvalue weighted by molar-refractivity contribution is 0.206. The van der Waals surface area contributed by atoms with Crippen molar-refractivity contribution in [1.29, 1.82) is 0 Å². The van der Waals surface area contributed by atoms with Gasteiger partial charge < -0.3 is 19.7 Å². The largest absolute Gasteiger partial charge is 0.493 e. The van der Waals surface area contributed by atoms with E-state index < -0.39 is 11.9 Å². The number of nitrogens with one attached hydrogen (secondary N) is 1. The van der Waals surface area contributed by atoms with Gasteiger partial charge in [0.2, 0.25) is 0 Å². The van der Waals surface area contributed by atoms with Crippen LogP contribution in [0.25, 0.3) is 0 Å². The van der Waals surface area contributed by atoms with E-state index in [1.54, 1.807) is 33.1 Å². The van der Waals surface area contributed by atoms with Crippen molar-refractivity contribution in [2.24, 2.45) is 0 Å². The molecule has 0 saturated heterocycles. The summed E-state index contributed by atoms with van der Waals surface area (Å²) in [5.74, 6) is 0.711. The lowest BCUT2D eigenvalue weighted by Crippen LogP contribution is -2.39. The second-order valence-corrected chi connectivity index (χ2v) is 7.13. The van der Waals surface area contributed by atoms with Crippen molar-refractivity contribution in [3.63, 3.8) is 0 Å². The number of ether oxygens (including phenoxy) is 2. The summed E-state index contributed by atoms with van der Waals surface area (Å²) < 4.78 is 24.2. The first-order valence-corrected chi connectivity index (χ1v) is 9.39. The number of urea groups is 1. The average Bonchev–Trinajstić information content (AvgIpc) is 2.68. The highest BCUT2D eigenvalue weighted by molar-refractivity contribution is 6.35. The van der Waals surface area contributed by atoms with Crippen LogP contribution in [0.5, 0.6) is 11.5 Å². The van der Waals surface area contributed by atoms with E-state index in [1.807, 2.05) is 18.2 Å². The number of amides is 2. The molecule has 0 spiro atoms. The highest BCUT2D eigenvalue weighted by Crippen LogP contribution is 2.29. The zero-order valence-electron chi connectivity index (χ0n) is 16.2. The lowest BCUT2D eigenvalue weighted by Gasteiger charge is -2.22. The lowest BCUT2D eigenvalue weighted by atomic mass is 10.1. The van der Waals surface area contributed by atoms with Crippen molar-refractivity contribution < 1.29 is 18.7 Å². The van der Waals surface area contributed by atoms with Gasteiger partial charge >= 0.3 is 6.03 Å². The number of carbonyl (C=O) groups is 1. The molecule has 0 aliphatic heterocycles. The van der Waals surface area contributed by atoms with Crippen LogP contribution in [-0.2, 0) is 6.42 Å². The number of methoxy groups -OCH3 is 2. The molecule has 5 nitrogen and oxygen atoms in total.